The average molecular weight is 298 g/mol. The van der Waals surface area contributed by atoms with Gasteiger partial charge in [-0.1, -0.05) is 30.3 Å². The molecule has 4 nitrogen and oxygen atoms in total. The number of hydrogen-bond donors (Lipinski definition) is 1. The van der Waals surface area contributed by atoms with Crippen LogP contribution in [0.3, 0.4) is 0 Å². The number of nitrogens with one attached hydrogen (secondary N) is 1. The molecule has 2 fully saturated rings. The first kappa shape index (κ1) is 14.8. The second-order valence-electron chi connectivity index (χ2n) is 6.35. The molecule has 1 heterocycles. The highest BCUT2D eigenvalue weighted by atomic mass is 16.2. The van der Waals surface area contributed by atoms with Gasteiger partial charge in [0.05, 0.1) is 0 Å². The van der Waals surface area contributed by atoms with E-state index >= 15 is 0 Å². The number of benzene rings is 1. The summed E-state index contributed by atoms with van der Waals surface area (Å²) in [5, 5.41) is 2.93. The number of piperidine rings is 1. The summed E-state index contributed by atoms with van der Waals surface area (Å²) in [5.41, 5.74) is 1.03. The van der Waals surface area contributed by atoms with Crippen molar-refractivity contribution in [2.75, 3.05) is 13.6 Å². The lowest BCUT2D eigenvalue weighted by molar-refractivity contribution is -0.126. The van der Waals surface area contributed by atoms with Crippen LogP contribution in [0, 0.1) is 11.8 Å². The summed E-state index contributed by atoms with van der Waals surface area (Å²) in [6.45, 7) is 0.766. The number of rotatable bonds is 3. The molecule has 0 spiro atoms. The maximum absolute atomic E-state index is 12.3. The van der Waals surface area contributed by atoms with E-state index in [0.717, 1.165) is 24.9 Å². The molecule has 0 bridgehead atoms. The molecule has 1 N–H and O–H groups in total. The largest absolute Gasteiger partial charge is 0.356 e. The Kier molecular flexibility index (Phi) is 4.27. The minimum absolute atomic E-state index is 0.0341. The van der Waals surface area contributed by atoms with Crippen LogP contribution in [-0.4, -0.2) is 36.3 Å². The normalized spacial score (nSPS) is 27.5. The molecular weight excluding hydrogens is 276 g/mol. The first-order valence-corrected chi connectivity index (χ1v) is 7.90. The number of nitrogens with zero attached hydrogens (tertiary/aromatic N) is 1. The second-order valence-corrected chi connectivity index (χ2v) is 6.35. The lowest BCUT2D eigenvalue weighted by Gasteiger charge is -2.24. The van der Waals surface area contributed by atoms with E-state index < -0.39 is 0 Å². The Labute approximate surface area is 131 Å². The molecule has 1 aliphatic carbocycles. The van der Waals surface area contributed by atoms with Crippen LogP contribution in [0.5, 0.6) is 0 Å². The predicted octanol–water partition coefficient (Wildman–Crippen LogP) is 2.07. The first-order valence-electron chi connectivity index (χ1n) is 7.90. The van der Waals surface area contributed by atoms with Crippen molar-refractivity contribution in [1.82, 2.24) is 10.2 Å². The van der Waals surface area contributed by atoms with Crippen LogP contribution in [0.4, 0.5) is 0 Å². The second kappa shape index (κ2) is 6.34. The Hall–Kier alpha value is -2.10. The molecule has 1 saturated carbocycles. The van der Waals surface area contributed by atoms with Crippen LogP contribution < -0.4 is 5.32 Å². The molecule has 2 aliphatic rings. The lowest BCUT2D eigenvalue weighted by atomic mass is 9.89. The van der Waals surface area contributed by atoms with Crippen molar-refractivity contribution in [1.29, 1.82) is 0 Å². The van der Waals surface area contributed by atoms with E-state index in [4.69, 9.17) is 0 Å². The standard InChI is InChI=1S/C18H22N2O2/c1-20(18(22)8-7-13-5-3-2-4-6-13)16-9-14-11-17(21)19-12-15(14)10-16/h2-8,14-16H,9-12H2,1H3,(H,19,21)/b8-7+/t14-,15+,16-/m0/s1. The van der Waals surface area contributed by atoms with Gasteiger partial charge in [0, 0.05) is 32.1 Å². The molecule has 0 unspecified atom stereocenters. The fraction of sp³-hybridized carbons (Fsp3) is 0.444. The average Bonchev–Trinajstić information content (AvgIpc) is 2.95. The molecule has 2 amide bonds. The van der Waals surface area contributed by atoms with E-state index in [-0.39, 0.29) is 17.9 Å². The molecule has 1 aliphatic heterocycles. The molecule has 0 aromatic heterocycles. The van der Waals surface area contributed by atoms with Crippen LogP contribution in [0.1, 0.15) is 24.8 Å². The van der Waals surface area contributed by atoms with Crippen LogP contribution in [0.2, 0.25) is 0 Å². The third kappa shape index (κ3) is 3.21. The fourth-order valence-electron chi connectivity index (χ4n) is 3.58. The number of likely N-dealkylation sites (N-methyl/N-ethyl adjacent to an activating group) is 1. The summed E-state index contributed by atoms with van der Waals surface area (Å²) in [4.78, 5) is 25.6. The molecule has 3 atom stereocenters. The van der Waals surface area contributed by atoms with E-state index in [1.54, 1.807) is 6.08 Å². The van der Waals surface area contributed by atoms with E-state index in [1.165, 1.54) is 0 Å². The molecule has 1 saturated heterocycles. The van der Waals surface area contributed by atoms with Crippen LogP contribution >= 0.6 is 0 Å². The van der Waals surface area contributed by atoms with Gasteiger partial charge in [0.25, 0.3) is 0 Å². The maximum Gasteiger partial charge on any atom is 0.246 e. The minimum atomic E-state index is 0.0341. The van der Waals surface area contributed by atoms with Crippen molar-refractivity contribution >= 4 is 17.9 Å². The summed E-state index contributed by atoms with van der Waals surface area (Å²) in [6, 6.07) is 10.1. The van der Waals surface area contributed by atoms with Gasteiger partial charge >= 0.3 is 0 Å². The lowest BCUT2D eigenvalue weighted by Crippen LogP contribution is -2.38. The Morgan fingerprint density at radius 3 is 2.73 bits per heavy atom. The number of carbonyl (C=O) groups is 2. The van der Waals surface area contributed by atoms with Crippen LogP contribution in [0.25, 0.3) is 6.08 Å². The molecule has 3 rings (SSSR count). The Bertz CT molecular complexity index is 582. The van der Waals surface area contributed by atoms with Gasteiger partial charge in [-0.3, -0.25) is 9.59 Å². The maximum atomic E-state index is 12.3. The summed E-state index contributed by atoms with van der Waals surface area (Å²) in [6.07, 6.45) is 6.04. The van der Waals surface area contributed by atoms with Gasteiger partial charge in [-0.2, -0.15) is 0 Å². The quantitative estimate of drug-likeness (QED) is 0.869. The Morgan fingerprint density at radius 1 is 1.23 bits per heavy atom. The molecule has 4 heteroatoms. The van der Waals surface area contributed by atoms with E-state index in [9.17, 15) is 9.59 Å². The van der Waals surface area contributed by atoms with Crippen LogP contribution in [0.15, 0.2) is 36.4 Å². The minimum Gasteiger partial charge on any atom is -0.356 e. The number of amides is 2. The third-order valence-corrected chi connectivity index (χ3v) is 4.94. The molecule has 116 valence electrons. The smallest absolute Gasteiger partial charge is 0.246 e. The number of hydrogen-bond acceptors (Lipinski definition) is 2. The van der Waals surface area contributed by atoms with Crippen molar-refractivity contribution in [3.05, 3.63) is 42.0 Å². The highest BCUT2D eigenvalue weighted by Crippen LogP contribution is 2.38. The van der Waals surface area contributed by atoms with Crippen molar-refractivity contribution in [3.8, 4) is 0 Å². The molecule has 1 aromatic carbocycles. The van der Waals surface area contributed by atoms with Crippen LogP contribution in [-0.2, 0) is 9.59 Å². The van der Waals surface area contributed by atoms with Gasteiger partial charge in [-0.15, -0.1) is 0 Å². The molecule has 1 aromatic rings. The molecule has 0 radical (unpaired) electrons. The number of carbonyl (C=O) groups excluding carboxylic acids is 2. The van der Waals surface area contributed by atoms with Gasteiger partial charge in [0.1, 0.15) is 0 Å². The predicted molar refractivity (Wildman–Crippen MR) is 85.9 cm³/mol. The van der Waals surface area contributed by atoms with Gasteiger partial charge in [0.2, 0.25) is 11.8 Å². The summed E-state index contributed by atoms with van der Waals surface area (Å²) < 4.78 is 0. The highest BCUT2D eigenvalue weighted by Gasteiger charge is 2.40. The zero-order valence-corrected chi connectivity index (χ0v) is 12.9. The van der Waals surface area contributed by atoms with Crippen molar-refractivity contribution in [2.45, 2.75) is 25.3 Å². The SMILES string of the molecule is CN(C(=O)/C=C/c1ccccc1)[C@H]1C[C@H]2CC(=O)NC[C@H]2C1. The van der Waals surface area contributed by atoms with Crippen molar-refractivity contribution in [3.63, 3.8) is 0 Å². The van der Waals surface area contributed by atoms with Gasteiger partial charge < -0.3 is 10.2 Å². The number of fused-ring (bicyclic) bond motifs is 1. The fourth-order valence-corrected chi connectivity index (χ4v) is 3.58. The van der Waals surface area contributed by atoms with Crippen molar-refractivity contribution < 1.29 is 9.59 Å². The monoisotopic (exact) mass is 298 g/mol. The third-order valence-electron chi connectivity index (χ3n) is 4.94. The van der Waals surface area contributed by atoms with Gasteiger partial charge in [-0.25, -0.2) is 0 Å². The molecular formula is C18H22N2O2. The summed E-state index contributed by atoms with van der Waals surface area (Å²) in [7, 11) is 1.87. The zero-order chi connectivity index (χ0) is 15.5. The Morgan fingerprint density at radius 2 is 1.95 bits per heavy atom. The molecule has 22 heavy (non-hydrogen) atoms. The highest BCUT2D eigenvalue weighted by molar-refractivity contribution is 5.91. The van der Waals surface area contributed by atoms with Gasteiger partial charge in [0.15, 0.2) is 0 Å². The zero-order valence-electron chi connectivity index (χ0n) is 12.9. The van der Waals surface area contributed by atoms with E-state index in [0.29, 0.717) is 18.3 Å². The first-order chi connectivity index (χ1) is 10.6. The van der Waals surface area contributed by atoms with Gasteiger partial charge in [-0.05, 0) is 36.3 Å². The van der Waals surface area contributed by atoms with Crippen molar-refractivity contribution in [2.24, 2.45) is 11.8 Å². The summed E-state index contributed by atoms with van der Waals surface area (Å²) >= 11 is 0. The summed E-state index contributed by atoms with van der Waals surface area (Å²) in [5.74, 6) is 1.15. The van der Waals surface area contributed by atoms with E-state index in [1.807, 2.05) is 48.4 Å². The topological polar surface area (TPSA) is 49.4 Å². The Balaban J connectivity index is 1.59. The van der Waals surface area contributed by atoms with E-state index in [2.05, 4.69) is 5.32 Å².